The number of aliphatic hydroxyl groups excluding tert-OH is 1. The highest BCUT2D eigenvalue weighted by atomic mass is 16.4. The third-order valence-corrected chi connectivity index (χ3v) is 4.18. The van der Waals surface area contributed by atoms with E-state index < -0.39 is 72.8 Å². The van der Waals surface area contributed by atoms with Crippen molar-refractivity contribution in [3.8, 4) is 0 Å². The van der Waals surface area contributed by atoms with Crippen molar-refractivity contribution in [1.82, 2.24) is 16.0 Å². The van der Waals surface area contributed by atoms with Crippen molar-refractivity contribution in [3.05, 3.63) is 0 Å². The lowest BCUT2D eigenvalue weighted by Crippen LogP contribution is -2.58. The van der Waals surface area contributed by atoms with Crippen molar-refractivity contribution < 1.29 is 44.1 Å². The molecule has 0 aromatic rings. The second-order valence-corrected chi connectivity index (χ2v) is 7.54. The lowest BCUT2D eigenvalue weighted by Gasteiger charge is -2.25. The number of carboxylic acid groups (broad SMARTS) is 2. The Bertz CT molecular complexity index is 713. The number of nitrogens with two attached hydrogens (primary N) is 2. The number of carboxylic acids is 2. The SMILES string of the molecule is CC(C)CC(NC(=O)C(CC(=O)O)NC(=O)C(N)CO)C(=O)NC(CCC(N)=O)C(=O)O. The molecule has 0 spiro atoms. The van der Waals surface area contributed by atoms with Crippen molar-refractivity contribution in [2.45, 2.75) is 63.7 Å². The summed E-state index contributed by atoms with van der Waals surface area (Å²) in [6.07, 6.45) is -1.34. The lowest BCUT2D eigenvalue weighted by atomic mass is 10.0. The molecule has 0 aromatic heterocycles. The molecule has 4 unspecified atom stereocenters. The summed E-state index contributed by atoms with van der Waals surface area (Å²) in [5.74, 6) is -6.61. The van der Waals surface area contributed by atoms with Crippen LogP contribution in [0.5, 0.6) is 0 Å². The van der Waals surface area contributed by atoms with Gasteiger partial charge in [-0.15, -0.1) is 0 Å². The first-order valence-corrected chi connectivity index (χ1v) is 9.78. The number of nitrogens with one attached hydrogen (secondary N) is 3. The number of carbonyl (C=O) groups is 6. The molecule has 4 atom stereocenters. The maximum absolute atomic E-state index is 12.6. The van der Waals surface area contributed by atoms with E-state index in [4.69, 9.17) is 21.7 Å². The van der Waals surface area contributed by atoms with Gasteiger partial charge in [-0.1, -0.05) is 13.8 Å². The number of primary amides is 1. The van der Waals surface area contributed by atoms with Gasteiger partial charge in [0.05, 0.1) is 13.0 Å². The Labute approximate surface area is 184 Å². The monoisotopic (exact) mass is 461 g/mol. The van der Waals surface area contributed by atoms with Gasteiger partial charge in [0.15, 0.2) is 0 Å². The smallest absolute Gasteiger partial charge is 0.326 e. The van der Waals surface area contributed by atoms with Crippen LogP contribution in [0, 0.1) is 5.92 Å². The molecule has 0 bridgehead atoms. The predicted octanol–water partition coefficient (Wildman–Crippen LogP) is -3.37. The zero-order chi connectivity index (χ0) is 25.0. The fourth-order valence-electron chi connectivity index (χ4n) is 2.54. The predicted molar refractivity (Wildman–Crippen MR) is 109 cm³/mol. The maximum atomic E-state index is 12.6. The van der Waals surface area contributed by atoms with Crippen molar-refractivity contribution in [1.29, 1.82) is 0 Å². The van der Waals surface area contributed by atoms with E-state index in [9.17, 15) is 33.9 Å². The number of hydrogen-bond donors (Lipinski definition) is 8. The number of aliphatic hydroxyl groups is 1. The van der Waals surface area contributed by atoms with Gasteiger partial charge in [-0.3, -0.25) is 24.0 Å². The number of carbonyl (C=O) groups excluding carboxylic acids is 4. The number of amides is 4. The minimum atomic E-state index is -1.61. The van der Waals surface area contributed by atoms with E-state index in [1.807, 2.05) is 0 Å². The molecular weight excluding hydrogens is 430 g/mol. The van der Waals surface area contributed by atoms with Crippen LogP contribution in [0.4, 0.5) is 0 Å². The lowest BCUT2D eigenvalue weighted by molar-refractivity contribution is -0.143. The third-order valence-electron chi connectivity index (χ3n) is 4.18. The van der Waals surface area contributed by atoms with Crippen molar-refractivity contribution in [2.75, 3.05) is 6.61 Å². The minimum absolute atomic E-state index is 0.0592. The molecule has 0 rings (SSSR count). The minimum Gasteiger partial charge on any atom is -0.481 e. The Morgan fingerprint density at radius 1 is 0.844 bits per heavy atom. The molecule has 0 fully saturated rings. The number of aliphatic carboxylic acids is 2. The molecule has 10 N–H and O–H groups in total. The molecule has 0 saturated carbocycles. The van der Waals surface area contributed by atoms with E-state index in [-0.39, 0.29) is 25.2 Å². The number of hydrogen-bond acceptors (Lipinski definition) is 8. The Morgan fingerprint density at radius 2 is 1.34 bits per heavy atom. The van der Waals surface area contributed by atoms with Gasteiger partial charge in [-0.05, 0) is 18.8 Å². The van der Waals surface area contributed by atoms with Gasteiger partial charge in [0, 0.05) is 6.42 Å². The Kier molecular flexibility index (Phi) is 12.5. The summed E-state index contributed by atoms with van der Waals surface area (Å²) in [5, 5.41) is 33.8. The molecule has 0 radical (unpaired) electrons. The van der Waals surface area contributed by atoms with E-state index in [0.29, 0.717) is 0 Å². The van der Waals surface area contributed by atoms with Gasteiger partial charge < -0.3 is 42.7 Å². The zero-order valence-corrected chi connectivity index (χ0v) is 17.9. The maximum Gasteiger partial charge on any atom is 0.326 e. The molecule has 14 heteroatoms. The average molecular weight is 461 g/mol. The van der Waals surface area contributed by atoms with Crippen molar-refractivity contribution >= 4 is 35.6 Å². The summed E-state index contributed by atoms with van der Waals surface area (Å²) in [6.45, 7) is 2.71. The molecule has 0 aromatic carbocycles. The van der Waals surface area contributed by atoms with Gasteiger partial charge in [-0.25, -0.2) is 4.79 Å². The van der Waals surface area contributed by atoms with Crippen LogP contribution in [0.25, 0.3) is 0 Å². The first kappa shape index (κ1) is 28.7. The van der Waals surface area contributed by atoms with E-state index in [1.165, 1.54) is 0 Å². The highest BCUT2D eigenvalue weighted by molar-refractivity contribution is 5.95. The second kappa shape index (κ2) is 13.9. The summed E-state index contributed by atoms with van der Waals surface area (Å²) in [4.78, 5) is 70.5. The van der Waals surface area contributed by atoms with Crippen LogP contribution >= 0.6 is 0 Å². The molecule has 182 valence electrons. The first-order valence-electron chi connectivity index (χ1n) is 9.78. The van der Waals surface area contributed by atoms with Crippen LogP contribution in [0.2, 0.25) is 0 Å². The van der Waals surface area contributed by atoms with E-state index in [2.05, 4.69) is 16.0 Å². The Balaban J connectivity index is 5.48. The summed E-state index contributed by atoms with van der Waals surface area (Å²) >= 11 is 0. The average Bonchev–Trinajstić information content (AvgIpc) is 2.67. The normalized spacial score (nSPS) is 14.5. The largest absolute Gasteiger partial charge is 0.481 e. The summed E-state index contributed by atoms with van der Waals surface area (Å²) < 4.78 is 0. The van der Waals surface area contributed by atoms with Gasteiger partial charge in [0.2, 0.25) is 23.6 Å². The molecule has 0 aliphatic carbocycles. The van der Waals surface area contributed by atoms with Crippen LogP contribution in [-0.4, -0.2) is 81.7 Å². The fraction of sp³-hybridized carbons (Fsp3) is 0.667. The molecule has 0 heterocycles. The van der Waals surface area contributed by atoms with Gasteiger partial charge in [-0.2, -0.15) is 0 Å². The van der Waals surface area contributed by atoms with Gasteiger partial charge in [0.25, 0.3) is 0 Å². The number of rotatable bonds is 15. The molecule has 0 saturated heterocycles. The Hall–Kier alpha value is -3.26. The summed E-state index contributed by atoms with van der Waals surface area (Å²) in [5.41, 5.74) is 10.3. The van der Waals surface area contributed by atoms with Crippen LogP contribution in [0.3, 0.4) is 0 Å². The quantitative estimate of drug-likeness (QED) is 0.120. The molecule has 0 aliphatic rings. The van der Waals surface area contributed by atoms with Crippen molar-refractivity contribution in [3.63, 3.8) is 0 Å². The Morgan fingerprint density at radius 3 is 1.78 bits per heavy atom. The molecule has 4 amide bonds. The molecule has 14 nitrogen and oxygen atoms in total. The molecule has 0 aliphatic heterocycles. The van der Waals surface area contributed by atoms with E-state index in [1.54, 1.807) is 13.8 Å². The second-order valence-electron chi connectivity index (χ2n) is 7.54. The summed E-state index contributed by atoms with van der Waals surface area (Å²) in [7, 11) is 0. The summed E-state index contributed by atoms with van der Waals surface area (Å²) in [6, 6.07) is -5.71. The highest BCUT2D eigenvalue weighted by Crippen LogP contribution is 2.08. The van der Waals surface area contributed by atoms with Gasteiger partial charge in [0.1, 0.15) is 24.2 Å². The topological polar surface area (TPSA) is 251 Å². The van der Waals surface area contributed by atoms with Crippen LogP contribution in [0.15, 0.2) is 0 Å². The van der Waals surface area contributed by atoms with E-state index in [0.717, 1.165) is 0 Å². The van der Waals surface area contributed by atoms with E-state index >= 15 is 0 Å². The van der Waals surface area contributed by atoms with Crippen molar-refractivity contribution in [2.24, 2.45) is 17.4 Å². The fourth-order valence-corrected chi connectivity index (χ4v) is 2.54. The molecule has 32 heavy (non-hydrogen) atoms. The third kappa shape index (κ3) is 11.2. The highest BCUT2D eigenvalue weighted by Gasteiger charge is 2.31. The zero-order valence-electron chi connectivity index (χ0n) is 17.9. The van der Waals surface area contributed by atoms with Gasteiger partial charge >= 0.3 is 11.9 Å². The molecular formula is C18H31N5O9. The van der Waals surface area contributed by atoms with Crippen LogP contribution in [-0.2, 0) is 28.8 Å². The van der Waals surface area contributed by atoms with Crippen LogP contribution < -0.4 is 27.4 Å². The van der Waals surface area contributed by atoms with Crippen LogP contribution in [0.1, 0.15) is 39.5 Å². The standard InChI is InChI=1S/C18H31N5O9/c1-8(2)5-11(16(29)21-10(18(31)32)3-4-13(20)25)23-17(30)12(6-14(26)27)22-15(28)9(19)7-24/h8-12,24H,3-7,19H2,1-2H3,(H2,20,25)(H,21,29)(H,22,28)(H,23,30)(H,26,27)(H,31,32). The first-order chi connectivity index (χ1) is 14.8.